The van der Waals surface area contributed by atoms with Crippen LogP contribution >= 0.6 is 0 Å². The van der Waals surface area contributed by atoms with Crippen LogP contribution in [0.15, 0.2) is 0 Å². The summed E-state index contributed by atoms with van der Waals surface area (Å²) < 4.78 is 0. The second-order valence-corrected chi connectivity index (χ2v) is 4.49. The molecule has 0 unspecified atom stereocenters. The summed E-state index contributed by atoms with van der Waals surface area (Å²) in [6.07, 6.45) is 8.47. The number of rotatable bonds is 8. The van der Waals surface area contributed by atoms with Crippen LogP contribution in [-0.2, 0) is 21.1 Å². The van der Waals surface area contributed by atoms with Gasteiger partial charge in [0, 0.05) is 27.7 Å². The fraction of sp³-hybridized carbons (Fsp3) is 0.923. The zero-order chi connectivity index (χ0) is 11.9. The summed E-state index contributed by atoms with van der Waals surface area (Å²) in [6, 6.07) is 0. The predicted octanol–water partition coefficient (Wildman–Crippen LogP) is 3.29. The molecule has 16 heavy (non-hydrogen) atoms. The Balaban J connectivity index is -0.000000292. The van der Waals surface area contributed by atoms with Gasteiger partial charge in [0.2, 0.25) is 0 Å². The summed E-state index contributed by atoms with van der Waals surface area (Å²) in [6.45, 7) is 7.43. The van der Waals surface area contributed by atoms with E-state index in [1.165, 1.54) is 44.4 Å². The van der Waals surface area contributed by atoms with Crippen LogP contribution in [0.1, 0.15) is 65.7 Å². The minimum absolute atomic E-state index is 0. The molecule has 100 valence electrons. The summed E-state index contributed by atoms with van der Waals surface area (Å²) >= 11 is 0. The van der Waals surface area contributed by atoms with Crippen molar-refractivity contribution < 1.29 is 26.2 Å². The van der Waals surface area contributed by atoms with E-state index >= 15 is 0 Å². The maximum absolute atomic E-state index is 8.49. The molecular weight excluding hydrogens is 370 g/mol. The molecule has 0 fully saturated rings. The van der Waals surface area contributed by atoms with Crippen LogP contribution in [0, 0.1) is 5.92 Å². The minimum Gasteiger partial charge on any atom is -0.396 e. The Morgan fingerprint density at radius 1 is 0.812 bits per heavy atom. The molecule has 0 aliphatic carbocycles. The van der Waals surface area contributed by atoms with Crippen LogP contribution in [-0.4, -0.2) is 18.3 Å². The molecule has 0 aromatic heterocycles. The van der Waals surface area contributed by atoms with Gasteiger partial charge in [0.15, 0.2) is 0 Å². The first kappa shape index (κ1) is 21.8. The molecule has 0 aromatic rings. The Kier molecular flexibility index (Phi) is 28.6. The van der Waals surface area contributed by atoms with Gasteiger partial charge in [-0.2, -0.15) is 20.8 Å². The van der Waals surface area contributed by atoms with Crippen molar-refractivity contribution in [2.24, 2.45) is 5.73 Å². The van der Waals surface area contributed by atoms with E-state index in [9.17, 15) is 0 Å². The Labute approximate surface area is 117 Å². The summed E-state index contributed by atoms with van der Waals surface area (Å²) in [7, 11) is 0. The van der Waals surface area contributed by atoms with E-state index in [1.54, 1.807) is 0 Å². The zero-order valence-corrected chi connectivity index (χ0v) is 14.2. The third kappa shape index (κ3) is 36.5. The van der Waals surface area contributed by atoms with Crippen LogP contribution in [0.2, 0.25) is 0 Å². The van der Waals surface area contributed by atoms with E-state index in [-0.39, 0.29) is 21.1 Å². The molecule has 0 atom stereocenters. The van der Waals surface area contributed by atoms with E-state index in [0.29, 0.717) is 6.61 Å². The molecule has 0 saturated carbocycles. The van der Waals surface area contributed by atoms with Gasteiger partial charge in [-0.15, -0.1) is 0 Å². The fourth-order valence-corrected chi connectivity index (χ4v) is 1.14. The normalized spacial score (nSPS) is 9.38. The van der Waals surface area contributed by atoms with Gasteiger partial charge < -0.3 is 16.8 Å². The standard InChI is InChI=1S/C9H21NO.C4H9.W/c10-8-6-4-2-1-3-5-7-9-11;1-4(2)3;/h11H,1-10H2;1-3H3;/q;-1;. The summed E-state index contributed by atoms with van der Waals surface area (Å²) in [5, 5.41) is 8.49. The Morgan fingerprint density at radius 2 is 1.12 bits per heavy atom. The number of aliphatic hydroxyl groups excluding tert-OH is 1. The second-order valence-electron chi connectivity index (χ2n) is 4.49. The largest absolute Gasteiger partial charge is 0.396 e. The molecule has 2 nitrogen and oxygen atoms in total. The van der Waals surface area contributed by atoms with Crippen molar-refractivity contribution >= 4 is 0 Å². The van der Waals surface area contributed by atoms with Crippen LogP contribution in [0.4, 0.5) is 0 Å². The maximum Gasteiger partial charge on any atom is 0.0431 e. The Bertz CT molecular complexity index is 89.2. The van der Waals surface area contributed by atoms with Crippen molar-refractivity contribution in [1.29, 1.82) is 0 Å². The molecule has 3 N–H and O–H groups in total. The van der Waals surface area contributed by atoms with Gasteiger partial charge in [-0.3, -0.25) is 0 Å². The first-order chi connectivity index (χ1) is 7.15. The SMILES string of the molecule is C[C-](C)C.NCCCCCCCCCO.[W]. The summed E-state index contributed by atoms with van der Waals surface area (Å²) in [5.74, 6) is 1.42. The third-order valence-electron chi connectivity index (χ3n) is 1.86. The number of hydrogen-bond donors (Lipinski definition) is 2. The van der Waals surface area contributed by atoms with Gasteiger partial charge in [-0.05, 0) is 19.4 Å². The van der Waals surface area contributed by atoms with Crippen LogP contribution in [0.5, 0.6) is 0 Å². The van der Waals surface area contributed by atoms with Gasteiger partial charge in [0.05, 0.1) is 0 Å². The first-order valence-electron chi connectivity index (χ1n) is 6.22. The van der Waals surface area contributed by atoms with Crippen molar-refractivity contribution in [3.8, 4) is 0 Å². The van der Waals surface area contributed by atoms with E-state index in [4.69, 9.17) is 10.8 Å². The Hall–Kier alpha value is 0.608. The van der Waals surface area contributed by atoms with Crippen LogP contribution < -0.4 is 5.73 Å². The second kappa shape index (κ2) is 21.0. The van der Waals surface area contributed by atoms with Crippen molar-refractivity contribution in [2.75, 3.05) is 13.2 Å². The molecule has 0 radical (unpaired) electrons. The maximum atomic E-state index is 8.49. The average molecular weight is 400 g/mol. The van der Waals surface area contributed by atoms with Gasteiger partial charge in [0.1, 0.15) is 0 Å². The van der Waals surface area contributed by atoms with Gasteiger partial charge in [-0.1, -0.05) is 32.1 Å². The van der Waals surface area contributed by atoms with Crippen LogP contribution in [0.25, 0.3) is 0 Å². The van der Waals surface area contributed by atoms with Gasteiger partial charge in [-0.25, -0.2) is 0 Å². The van der Waals surface area contributed by atoms with Crippen molar-refractivity contribution in [3.05, 3.63) is 5.92 Å². The summed E-state index contributed by atoms with van der Waals surface area (Å²) in [4.78, 5) is 0. The molecule has 0 spiro atoms. The smallest absolute Gasteiger partial charge is 0.0431 e. The minimum atomic E-state index is 0. The monoisotopic (exact) mass is 400 g/mol. The predicted molar refractivity (Wildman–Crippen MR) is 68.7 cm³/mol. The number of unbranched alkanes of at least 4 members (excludes halogenated alkanes) is 6. The third-order valence-corrected chi connectivity index (χ3v) is 1.86. The molecular formula is C13H30NOW-. The molecule has 0 bridgehead atoms. The molecule has 0 aliphatic rings. The fourth-order valence-electron chi connectivity index (χ4n) is 1.14. The van der Waals surface area contributed by atoms with Gasteiger partial charge in [0.25, 0.3) is 0 Å². The van der Waals surface area contributed by atoms with Crippen molar-refractivity contribution in [2.45, 2.75) is 65.7 Å². The molecule has 0 aliphatic heterocycles. The molecule has 0 saturated heterocycles. The zero-order valence-electron chi connectivity index (χ0n) is 11.3. The van der Waals surface area contributed by atoms with E-state index in [2.05, 4.69) is 20.8 Å². The number of hydrogen-bond acceptors (Lipinski definition) is 2. The molecule has 3 heteroatoms. The average Bonchev–Trinajstić information content (AvgIpc) is 2.16. The van der Waals surface area contributed by atoms with E-state index < -0.39 is 0 Å². The molecule has 0 amide bonds. The topological polar surface area (TPSA) is 46.2 Å². The molecule has 0 rings (SSSR count). The Morgan fingerprint density at radius 3 is 1.44 bits per heavy atom. The van der Waals surface area contributed by atoms with Crippen molar-refractivity contribution in [3.63, 3.8) is 0 Å². The quantitative estimate of drug-likeness (QED) is 0.485. The van der Waals surface area contributed by atoms with E-state index in [0.717, 1.165) is 13.0 Å². The number of nitrogens with two attached hydrogens (primary N) is 1. The first-order valence-corrected chi connectivity index (χ1v) is 6.22. The van der Waals surface area contributed by atoms with Gasteiger partial charge >= 0.3 is 0 Å². The van der Waals surface area contributed by atoms with E-state index in [1.807, 2.05) is 0 Å². The van der Waals surface area contributed by atoms with Crippen molar-refractivity contribution in [1.82, 2.24) is 0 Å². The van der Waals surface area contributed by atoms with Crippen LogP contribution in [0.3, 0.4) is 0 Å². The summed E-state index contributed by atoms with van der Waals surface area (Å²) in [5.41, 5.74) is 5.36. The molecule has 0 heterocycles. The molecule has 0 aromatic carbocycles. The number of aliphatic hydroxyl groups is 1.